The largest absolute Gasteiger partial charge is 0.481 e. The maximum absolute atomic E-state index is 11.6. The average Bonchev–Trinajstić information content (AvgIpc) is 2.39. The molecule has 1 rings (SSSR count). The molecular weight excluding hydrogens is 250 g/mol. The lowest BCUT2D eigenvalue weighted by Gasteiger charge is -2.32. The number of carbonyl (C=O) groups excluding carboxylic acids is 2. The van der Waals surface area contributed by atoms with E-state index in [1.807, 2.05) is 4.90 Å². The van der Waals surface area contributed by atoms with E-state index in [1.54, 1.807) is 7.05 Å². The molecule has 19 heavy (non-hydrogen) atoms. The van der Waals surface area contributed by atoms with Crippen molar-refractivity contribution in [1.29, 1.82) is 0 Å². The van der Waals surface area contributed by atoms with Crippen LogP contribution in [0.2, 0.25) is 0 Å². The number of carboxylic acid groups (broad SMARTS) is 1. The van der Waals surface area contributed by atoms with Crippen molar-refractivity contribution in [2.45, 2.75) is 25.8 Å². The molecule has 3 N–H and O–H groups in total. The standard InChI is InChI=1S/C12H21N3O4/c1-8(12(18)19)11(17)14-9-3-5-15(6-4-9)7-10(16)13-2/h8-9H,3-7H2,1-2H3,(H,13,16)(H,14,17)(H,18,19). The lowest BCUT2D eigenvalue weighted by atomic mass is 10.0. The van der Waals surface area contributed by atoms with Gasteiger partial charge in [-0.3, -0.25) is 19.3 Å². The van der Waals surface area contributed by atoms with Gasteiger partial charge in [-0.05, 0) is 19.8 Å². The first-order valence-electron chi connectivity index (χ1n) is 6.40. The van der Waals surface area contributed by atoms with E-state index in [0.717, 1.165) is 25.9 Å². The predicted molar refractivity (Wildman–Crippen MR) is 68.5 cm³/mol. The lowest BCUT2D eigenvalue weighted by molar-refractivity contribution is -0.146. The minimum atomic E-state index is -1.12. The molecule has 0 bridgehead atoms. The van der Waals surface area contributed by atoms with Gasteiger partial charge in [0.25, 0.3) is 0 Å². The number of likely N-dealkylation sites (tertiary alicyclic amines) is 1. The maximum atomic E-state index is 11.6. The monoisotopic (exact) mass is 271 g/mol. The molecule has 1 fully saturated rings. The number of piperidine rings is 1. The van der Waals surface area contributed by atoms with Crippen LogP contribution in [0.4, 0.5) is 0 Å². The highest BCUT2D eigenvalue weighted by Gasteiger charge is 2.26. The Hall–Kier alpha value is -1.63. The number of nitrogens with one attached hydrogen (secondary N) is 2. The number of nitrogens with zero attached hydrogens (tertiary/aromatic N) is 1. The molecule has 7 nitrogen and oxygen atoms in total. The van der Waals surface area contributed by atoms with E-state index in [-0.39, 0.29) is 11.9 Å². The lowest BCUT2D eigenvalue weighted by Crippen LogP contribution is -2.48. The van der Waals surface area contributed by atoms with Crippen LogP contribution in [0.15, 0.2) is 0 Å². The van der Waals surface area contributed by atoms with Gasteiger partial charge in [-0.2, -0.15) is 0 Å². The summed E-state index contributed by atoms with van der Waals surface area (Å²) in [6.45, 7) is 3.18. The Kier molecular flexibility index (Phi) is 5.75. The molecule has 0 radical (unpaired) electrons. The van der Waals surface area contributed by atoms with Gasteiger partial charge in [0.1, 0.15) is 5.92 Å². The maximum Gasteiger partial charge on any atom is 0.315 e. The molecule has 0 aliphatic carbocycles. The number of hydrogen-bond acceptors (Lipinski definition) is 4. The first kappa shape index (κ1) is 15.4. The van der Waals surface area contributed by atoms with Gasteiger partial charge in [0.05, 0.1) is 6.54 Å². The van der Waals surface area contributed by atoms with Crippen LogP contribution >= 0.6 is 0 Å². The fraction of sp³-hybridized carbons (Fsp3) is 0.750. The van der Waals surface area contributed by atoms with Crippen molar-refractivity contribution < 1.29 is 19.5 Å². The van der Waals surface area contributed by atoms with Crippen LogP contribution in [0, 0.1) is 5.92 Å². The number of likely N-dealkylation sites (N-methyl/N-ethyl adjacent to an activating group) is 1. The molecule has 0 aromatic rings. The van der Waals surface area contributed by atoms with Crippen LogP contribution < -0.4 is 10.6 Å². The molecular formula is C12H21N3O4. The molecule has 7 heteroatoms. The molecule has 1 aliphatic rings. The second-order valence-corrected chi connectivity index (χ2v) is 4.79. The van der Waals surface area contributed by atoms with Crippen LogP contribution in [-0.4, -0.2) is 60.5 Å². The van der Waals surface area contributed by atoms with Crippen LogP contribution in [-0.2, 0) is 14.4 Å². The molecule has 108 valence electrons. The van der Waals surface area contributed by atoms with E-state index in [4.69, 9.17) is 5.11 Å². The minimum Gasteiger partial charge on any atom is -0.481 e. The molecule has 1 heterocycles. The van der Waals surface area contributed by atoms with Gasteiger partial charge < -0.3 is 15.7 Å². The van der Waals surface area contributed by atoms with Crippen LogP contribution in [0.3, 0.4) is 0 Å². The number of hydrogen-bond donors (Lipinski definition) is 3. The van der Waals surface area contributed by atoms with Crippen molar-refractivity contribution >= 4 is 17.8 Å². The van der Waals surface area contributed by atoms with Gasteiger partial charge >= 0.3 is 5.97 Å². The SMILES string of the molecule is CNC(=O)CN1CCC(NC(=O)C(C)C(=O)O)CC1. The third-order valence-corrected chi connectivity index (χ3v) is 3.34. The molecule has 0 aromatic heterocycles. The molecule has 1 unspecified atom stereocenters. The van der Waals surface area contributed by atoms with E-state index >= 15 is 0 Å². The summed E-state index contributed by atoms with van der Waals surface area (Å²) in [4.78, 5) is 35.5. The zero-order valence-corrected chi connectivity index (χ0v) is 11.3. The summed E-state index contributed by atoms with van der Waals surface area (Å²) in [7, 11) is 1.60. The Balaban J connectivity index is 2.32. The summed E-state index contributed by atoms with van der Waals surface area (Å²) in [5, 5.41) is 14.0. The van der Waals surface area contributed by atoms with Crippen molar-refractivity contribution in [1.82, 2.24) is 15.5 Å². The number of carbonyl (C=O) groups is 3. The van der Waals surface area contributed by atoms with Crippen LogP contribution in [0.25, 0.3) is 0 Å². The van der Waals surface area contributed by atoms with E-state index in [0.29, 0.717) is 6.54 Å². The smallest absolute Gasteiger partial charge is 0.315 e. The summed E-state index contributed by atoms with van der Waals surface area (Å²) in [6, 6.07) is -0.00441. The van der Waals surface area contributed by atoms with Crippen molar-refractivity contribution in [3.05, 3.63) is 0 Å². The molecule has 1 atom stereocenters. The molecule has 1 saturated heterocycles. The Labute approximate surface area is 112 Å². The van der Waals surface area contributed by atoms with E-state index in [2.05, 4.69) is 10.6 Å². The van der Waals surface area contributed by atoms with Gasteiger partial charge in [-0.1, -0.05) is 0 Å². The highest BCUT2D eigenvalue weighted by atomic mass is 16.4. The predicted octanol–water partition coefficient (Wildman–Crippen LogP) is -0.966. The second-order valence-electron chi connectivity index (χ2n) is 4.79. The summed E-state index contributed by atoms with van der Waals surface area (Å²) in [5.41, 5.74) is 0. The highest BCUT2D eigenvalue weighted by molar-refractivity contribution is 5.96. The zero-order valence-electron chi connectivity index (χ0n) is 11.3. The molecule has 1 aliphatic heterocycles. The van der Waals surface area contributed by atoms with Gasteiger partial charge in [-0.25, -0.2) is 0 Å². The van der Waals surface area contributed by atoms with Crippen molar-refractivity contribution in [3.8, 4) is 0 Å². The normalized spacial score (nSPS) is 18.6. The summed E-state index contributed by atoms with van der Waals surface area (Å²) in [6.07, 6.45) is 1.46. The number of carboxylic acids is 1. The van der Waals surface area contributed by atoms with E-state index in [9.17, 15) is 14.4 Å². The zero-order chi connectivity index (χ0) is 14.4. The molecule has 0 aromatic carbocycles. The summed E-state index contributed by atoms with van der Waals surface area (Å²) in [5.74, 6) is -2.61. The number of rotatable bonds is 5. The quantitative estimate of drug-likeness (QED) is 0.559. The fourth-order valence-electron chi connectivity index (χ4n) is 1.96. The van der Waals surface area contributed by atoms with Crippen molar-refractivity contribution in [2.75, 3.05) is 26.7 Å². The topological polar surface area (TPSA) is 98.7 Å². The van der Waals surface area contributed by atoms with Gasteiger partial charge in [0, 0.05) is 26.2 Å². The summed E-state index contributed by atoms with van der Waals surface area (Å²) < 4.78 is 0. The Morgan fingerprint density at radius 3 is 2.37 bits per heavy atom. The van der Waals surface area contributed by atoms with Crippen molar-refractivity contribution in [3.63, 3.8) is 0 Å². The number of aliphatic carboxylic acids is 1. The first-order valence-corrected chi connectivity index (χ1v) is 6.40. The van der Waals surface area contributed by atoms with Gasteiger partial charge in [-0.15, -0.1) is 0 Å². The molecule has 0 saturated carbocycles. The Morgan fingerprint density at radius 1 is 1.32 bits per heavy atom. The first-order chi connectivity index (χ1) is 8.93. The molecule has 2 amide bonds. The fourth-order valence-corrected chi connectivity index (χ4v) is 1.96. The van der Waals surface area contributed by atoms with Crippen LogP contribution in [0.5, 0.6) is 0 Å². The average molecular weight is 271 g/mol. The highest BCUT2D eigenvalue weighted by Crippen LogP contribution is 2.10. The van der Waals surface area contributed by atoms with E-state index in [1.165, 1.54) is 6.92 Å². The van der Waals surface area contributed by atoms with Gasteiger partial charge in [0.2, 0.25) is 11.8 Å². The van der Waals surface area contributed by atoms with Crippen molar-refractivity contribution in [2.24, 2.45) is 5.92 Å². The number of amides is 2. The Morgan fingerprint density at radius 2 is 1.89 bits per heavy atom. The van der Waals surface area contributed by atoms with E-state index < -0.39 is 17.8 Å². The van der Waals surface area contributed by atoms with Gasteiger partial charge in [0.15, 0.2) is 0 Å². The third-order valence-electron chi connectivity index (χ3n) is 3.34. The summed E-state index contributed by atoms with van der Waals surface area (Å²) >= 11 is 0. The third kappa shape index (κ3) is 4.86. The second kappa shape index (κ2) is 7.08. The minimum absolute atomic E-state index is 0.00441. The molecule has 0 spiro atoms. The Bertz CT molecular complexity index is 351. The van der Waals surface area contributed by atoms with Crippen LogP contribution in [0.1, 0.15) is 19.8 Å².